The molecule has 2 N–H and O–H groups in total. The zero-order chi connectivity index (χ0) is 20.0. The van der Waals surface area contributed by atoms with Crippen molar-refractivity contribution < 1.29 is 27.3 Å². The van der Waals surface area contributed by atoms with Crippen LogP contribution in [0.25, 0.3) is 0 Å². The van der Waals surface area contributed by atoms with Gasteiger partial charge in [-0.25, -0.2) is 13.1 Å². The van der Waals surface area contributed by atoms with Crippen molar-refractivity contribution in [1.29, 1.82) is 0 Å². The molecule has 146 valence electrons. The third-order valence-corrected chi connectivity index (χ3v) is 4.94. The summed E-state index contributed by atoms with van der Waals surface area (Å²) in [5.41, 5.74) is 0.692. The van der Waals surface area contributed by atoms with Gasteiger partial charge in [0.15, 0.2) is 0 Å². The summed E-state index contributed by atoms with van der Waals surface area (Å²) in [6, 6.07) is 6.78. The van der Waals surface area contributed by atoms with Crippen LogP contribution >= 0.6 is 0 Å². The number of hydrogen-bond donors (Lipinski definition) is 2. The molecular weight excluding hydrogens is 374 g/mol. The van der Waals surface area contributed by atoms with Gasteiger partial charge in [-0.1, -0.05) is 5.16 Å². The Morgan fingerprint density at radius 2 is 1.89 bits per heavy atom. The second-order valence-electron chi connectivity index (χ2n) is 6.07. The third-order valence-electron chi connectivity index (χ3n) is 3.27. The number of esters is 1. The Labute approximate surface area is 157 Å². The Kier molecular flexibility index (Phi) is 6.70. The molecule has 0 radical (unpaired) electrons. The summed E-state index contributed by atoms with van der Waals surface area (Å²) < 4.78 is 36.4. The fourth-order valence-electron chi connectivity index (χ4n) is 2.11. The van der Waals surface area contributed by atoms with E-state index in [1.807, 2.05) is 0 Å². The van der Waals surface area contributed by atoms with Crippen LogP contribution in [-0.4, -0.2) is 38.0 Å². The molecule has 2 aromatic rings. The Balaban J connectivity index is 1.85. The van der Waals surface area contributed by atoms with Gasteiger partial charge in [0, 0.05) is 17.7 Å². The van der Waals surface area contributed by atoms with Crippen LogP contribution in [0.15, 0.2) is 39.8 Å². The van der Waals surface area contributed by atoms with Crippen molar-refractivity contribution >= 4 is 21.9 Å². The van der Waals surface area contributed by atoms with Gasteiger partial charge >= 0.3 is 5.97 Å². The zero-order valence-electron chi connectivity index (χ0n) is 15.2. The summed E-state index contributed by atoms with van der Waals surface area (Å²) in [5, 5.41) is 6.09. The fourth-order valence-corrected chi connectivity index (χ4v) is 3.36. The molecule has 1 aromatic heterocycles. The van der Waals surface area contributed by atoms with Crippen LogP contribution in [0.5, 0.6) is 0 Å². The highest BCUT2D eigenvalue weighted by Crippen LogP contribution is 2.11. The number of ether oxygens (including phenoxy) is 1. The van der Waals surface area contributed by atoms with Crippen LogP contribution in [0, 0.1) is 6.92 Å². The molecule has 0 aliphatic carbocycles. The Morgan fingerprint density at radius 1 is 1.22 bits per heavy atom. The Morgan fingerprint density at radius 3 is 2.44 bits per heavy atom. The van der Waals surface area contributed by atoms with E-state index in [1.165, 1.54) is 24.3 Å². The number of rotatable bonds is 8. The highest BCUT2D eigenvalue weighted by Gasteiger charge is 2.16. The van der Waals surface area contributed by atoms with E-state index >= 15 is 0 Å². The normalized spacial score (nSPS) is 11.4. The molecule has 1 heterocycles. The van der Waals surface area contributed by atoms with Crippen LogP contribution in [0.2, 0.25) is 0 Å². The number of carbonyl (C=O) groups is 2. The number of aryl methyl sites for hydroxylation is 1. The molecule has 0 saturated heterocycles. The number of benzene rings is 1. The minimum atomic E-state index is -3.63. The molecule has 0 spiro atoms. The predicted octanol–water partition coefficient (Wildman–Crippen LogP) is 1.14. The van der Waals surface area contributed by atoms with Gasteiger partial charge in [-0.3, -0.25) is 9.59 Å². The molecule has 10 heteroatoms. The Hall–Kier alpha value is -2.72. The summed E-state index contributed by atoms with van der Waals surface area (Å²) in [5.74, 6) is -0.558. The molecule has 0 atom stereocenters. The van der Waals surface area contributed by atoms with E-state index in [0.29, 0.717) is 11.5 Å². The number of amides is 1. The topological polar surface area (TPSA) is 128 Å². The van der Waals surface area contributed by atoms with E-state index in [1.54, 1.807) is 26.8 Å². The van der Waals surface area contributed by atoms with Crippen molar-refractivity contribution in [2.45, 2.75) is 38.3 Å². The molecule has 2 rings (SSSR count). The van der Waals surface area contributed by atoms with Crippen LogP contribution in [-0.2, 0) is 26.2 Å². The average Bonchev–Trinajstić information content (AvgIpc) is 3.02. The SMILES string of the molecule is Cc1cc(COC(=O)CNC(=O)c2ccc(S(=O)(=O)NC(C)C)cc2)no1. The van der Waals surface area contributed by atoms with Crippen molar-refractivity contribution in [3.63, 3.8) is 0 Å². The lowest BCUT2D eigenvalue weighted by Crippen LogP contribution is -2.31. The minimum absolute atomic E-state index is 0.0510. The standard InChI is InChI=1S/C17H21N3O6S/c1-11(2)20-27(23,24)15-6-4-13(5-7-15)17(22)18-9-16(21)25-10-14-8-12(3)26-19-14/h4-8,11,20H,9-10H2,1-3H3,(H,18,22). The summed E-state index contributed by atoms with van der Waals surface area (Å²) in [6.45, 7) is 4.75. The first-order chi connectivity index (χ1) is 12.7. The maximum absolute atomic E-state index is 12.1. The molecule has 0 unspecified atom stereocenters. The molecular formula is C17H21N3O6S. The number of hydrogen-bond acceptors (Lipinski definition) is 7. The second kappa shape index (κ2) is 8.78. The molecule has 27 heavy (non-hydrogen) atoms. The minimum Gasteiger partial charge on any atom is -0.458 e. The van der Waals surface area contributed by atoms with Gasteiger partial charge in [0.1, 0.15) is 24.6 Å². The third kappa shape index (κ3) is 6.19. The van der Waals surface area contributed by atoms with Crippen molar-refractivity contribution in [3.05, 3.63) is 47.3 Å². The number of nitrogens with one attached hydrogen (secondary N) is 2. The predicted molar refractivity (Wildman–Crippen MR) is 95.3 cm³/mol. The molecule has 9 nitrogen and oxygen atoms in total. The molecule has 1 aromatic carbocycles. The molecule has 1 amide bonds. The van der Waals surface area contributed by atoms with E-state index in [9.17, 15) is 18.0 Å². The lowest BCUT2D eigenvalue weighted by Gasteiger charge is -2.10. The van der Waals surface area contributed by atoms with Crippen molar-refractivity contribution in [2.75, 3.05) is 6.54 Å². The monoisotopic (exact) mass is 395 g/mol. The highest BCUT2D eigenvalue weighted by atomic mass is 32.2. The van der Waals surface area contributed by atoms with E-state index in [0.717, 1.165) is 0 Å². The van der Waals surface area contributed by atoms with Crippen LogP contribution in [0.3, 0.4) is 0 Å². The number of sulfonamides is 1. The van der Waals surface area contributed by atoms with Gasteiger partial charge in [0.2, 0.25) is 10.0 Å². The first kappa shape index (κ1) is 20.6. The molecule has 0 aliphatic rings. The average molecular weight is 395 g/mol. The van der Waals surface area contributed by atoms with Crippen molar-refractivity contribution in [3.8, 4) is 0 Å². The Bertz CT molecular complexity index is 903. The number of aromatic nitrogens is 1. The van der Waals surface area contributed by atoms with Gasteiger partial charge in [0.25, 0.3) is 5.91 Å². The van der Waals surface area contributed by atoms with E-state index in [2.05, 4.69) is 15.2 Å². The lowest BCUT2D eigenvalue weighted by atomic mass is 10.2. The molecule has 0 bridgehead atoms. The number of nitrogens with zero attached hydrogens (tertiary/aromatic N) is 1. The van der Waals surface area contributed by atoms with Crippen molar-refractivity contribution in [1.82, 2.24) is 15.2 Å². The van der Waals surface area contributed by atoms with Crippen LogP contribution < -0.4 is 10.0 Å². The maximum Gasteiger partial charge on any atom is 0.325 e. The molecule has 0 saturated carbocycles. The quantitative estimate of drug-likeness (QED) is 0.642. The number of carbonyl (C=O) groups excluding carboxylic acids is 2. The molecule has 0 aliphatic heterocycles. The van der Waals surface area contributed by atoms with E-state index < -0.39 is 21.9 Å². The van der Waals surface area contributed by atoms with E-state index in [-0.39, 0.29) is 29.7 Å². The highest BCUT2D eigenvalue weighted by molar-refractivity contribution is 7.89. The van der Waals surface area contributed by atoms with Gasteiger partial charge in [0.05, 0.1) is 4.90 Å². The van der Waals surface area contributed by atoms with Gasteiger partial charge in [-0.15, -0.1) is 0 Å². The van der Waals surface area contributed by atoms with Crippen LogP contribution in [0.4, 0.5) is 0 Å². The first-order valence-corrected chi connectivity index (χ1v) is 9.64. The van der Waals surface area contributed by atoms with E-state index in [4.69, 9.17) is 9.26 Å². The summed E-state index contributed by atoms with van der Waals surface area (Å²) in [7, 11) is -3.63. The summed E-state index contributed by atoms with van der Waals surface area (Å²) in [4.78, 5) is 23.8. The summed E-state index contributed by atoms with van der Waals surface area (Å²) in [6.07, 6.45) is 0. The van der Waals surface area contributed by atoms with Gasteiger partial charge in [-0.05, 0) is 45.0 Å². The maximum atomic E-state index is 12.1. The molecule has 0 fully saturated rings. The first-order valence-electron chi connectivity index (χ1n) is 8.16. The summed E-state index contributed by atoms with van der Waals surface area (Å²) >= 11 is 0. The second-order valence-corrected chi connectivity index (χ2v) is 7.79. The largest absolute Gasteiger partial charge is 0.458 e. The van der Waals surface area contributed by atoms with Gasteiger partial charge < -0.3 is 14.6 Å². The fraction of sp³-hybridized carbons (Fsp3) is 0.353. The van der Waals surface area contributed by atoms with Crippen LogP contribution in [0.1, 0.15) is 35.7 Å². The lowest BCUT2D eigenvalue weighted by molar-refractivity contribution is -0.143. The zero-order valence-corrected chi connectivity index (χ0v) is 16.0. The van der Waals surface area contributed by atoms with Gasteiger partial charge in [-0.2, -0.15) is 0 Å². The smallest absolute Gasteiger partial charge is 0.325 e. The van der Waals surface area contributed by atoms with Crippen molar-refractivity contribution in [2.24, 2.45) is 0 Å².